The molecule has 1 N–H and O–H groups in total. The first-order chi connectivity index (χ1) is 11.5. The van der Waals surface area contributed by atoms with Crippen LogP contribution in [0, 0.1) is 5.82 Å². The van der Waals surface area contributed by atoms with Gasteiger partial charge in [0.05, 0.1) is 0 Å². The Morgan fingerprint density at radius 2 is 1.67 bits per heavy atom. The Bertz CT molecular complexity index is 686. The van der Waals surface area contributed by atoms with E-state index in [1.807, 2.05) is 30.3 Å². The molecule has 0 aliphatic heterocycles. The van der Waals surface area contributed by atoms with Gasteiger partial charge >= 0.3 is 5.97 Å². The van der Waals surface area contributed by atoms with E-state index in [-0.39, 0.29) is 24.7 Å². The van der Waals surface area contributed by atoms with E-state index in [1.54, 1.807) is 12.1 Å². The van der Waals surface area contributed by atoms with Gasteiger partial charge in [-0.1, -0.05) is 42.5 Å². The van der Waals surface area contributed by atoms with Crippen LogP contribution in [-0.2, 0) is 22.6 Å². The topological polar surface area (TPSA) is 57.6 Å². The average molecular weight is 329 g/mol. The van der Waals surface area contributed by atoms with Crippen molar-refractivity contribution in [3.05, 3.63) is 71.5 Å². The molecule has 1 atom stereocenters. The van der Waals surface area contributed by atoms with Gasteiger partial charge in [-0.15, -0.1) is 0 Å². The number of aliphatic carboxylic acids is 1. The van der Waals surface area contributed by atoms with Gasteiger partial charge in [0, 0.05) is 13.0 Å². The minimum Gasteiger partial charge on any atom is -0.480 e. The molecule has 0 saturated heterocycles. The van der Waals surface area contributed by atoms with Crippen LogP contribution < -0.4 is 0 Å². The highest BCUT2D eigenvalue weighted by atomic mass is 19.1. The smallest absolute Gasteiger partial charge is 0.326 e. The molecule has 0 spiro atoms. The zero-order chi connectivity index (χ0) is 17.5. The first-order valence-electron chi connectivity index (χ1n) is 7.78. The fraction of sp³-hybridized carbons (Fsp3) is 0.263. The van der Waals surface area contributed by atoms with E-state index in [0.29, 0.717) is 6.42 Å². The number of nitrogens with zero attached hydrogens (tertiary/aromatic N) is 1. The summed E-state index contributed by atoms with van der Waals surface area (Å²) >= 11 is 0. The lowest BCUT2D eigenvalue weighted by Gasteiger charge is -2.27. The van der Waals surface area contributed by atoms with Crippen LogP contribution in [0.15, 0.2) is 54.6 Å². The third kappa shape index (κ3) is 4.91. The van der Waals surface area contributed by atoms with Gasteiger partial charge in [0.1, 0.15) is 11.9 Å². The zero-order valence-electron chi connectivity index (χ0n) is 13.5. The lowest BCUT2D eigenvalue weighted by Crippen LogP contribution is -2.42. The van der Waals surface area contributed by atoms with E-state index in [1.165, 1.54) is 24.0 Å². The van der Waals surface area contributed by atoms with Crippen LogP contribution in [0.3, 0.4) is 0 Å². The maximum absolute atomic E-state index is 12.9. The van der Waals surface area contributed by atoms with Crippen LogP contribution in [0.4, 0.5) is 4.39 Å². The van der Waals surface area contributed by atoms with Crippen molar-refractivity contribution in [1.82, 2.24) is 4.90 Å². The predicted octanol–water partition coefficient (Wildman–Crippen LogP) is 3.26. The first-order valence-corrected chi connectivity index (χ1v) is 7.78. The minimum absolute atomic E-state index is 0.177. The van der Waals surface area contributed by atoms with Gasteiger partial charge in [-0.05, 0) is 36.6 Å². The number of amides is 1. The standard InChI is InChI=1S/C19H20FNO3/c1-14(19(23)24)21(13-16-5-3-2-4-6-16)18(22)12-9-15-7-10-17(20)11-8-15/h2-8,10-11,14H,9,12-13H2,1H3,(H,23,24). The molecule has 4 nitrogen and oxygen atoms in total. The molecule has 0 aromatic heterocycles. The van der Waals surface area contributed by atoms with Crippen LogP contribution in [-0.4, -0.2) is 27.9 Å². The van der Waals surface area contributed by atoms with Crippen molar-refractivity contribution in [3.63, 3.8) is 0 Å². The normalized spacial score (nSPS) is 11.8. The van der Waals surface area contributed by atoms with Crippen molar-refractivity contribution >= 4 is 11.9 Å². The Balaban J connectivity index is 2.06. The summed E-state index contributed by atoms with van der Waals surface area (Å²) in [5.41, 5.74) is 1.72. The molecule has 0 aliphatic rings. The molecule has 1 unspecified atom stereocenters. The van der Waals surface area contributed by atoms with Gasteiger partial charge in [0.2, 0.25) is 5.91 Å². The second kappa shape index (κ2) is 8.24. The van der Waals surface area contributed by atoms with Crippen LogP contribution in [0.1, 0.15) is 24.5 Å². The third-order valence-corrected chi connectivity index (χ3v) is 3.88. The largest absolute Gasteiger partial charge is 0.480 e. The molecule has 126 valence electrons. The van der Waals surface area contributed by atoms with Gasteiger partial charge in [0.15, 0.2) is 0 Å². The Labute approximate surface area is 140 Å². The molecule has 2 aromatic carbocycles. The Hall–Kier alpha value is -2.69. The fourth-order valence-corrected chi connectivity index (χ4v) is 2.40. The van der Waals surface area contributed by atoms with Crippen molar-refractivity contribution in [2.24, 2.45) is 0 Å². The molecule has 2 rings (SSSR count). The van der Waals surface area contributed by atoms with E-state index in [2.05, 4.69) is 0 Å². The molecule has 5 heteroatoms. The minimum atomic E-state index is -1.04. The number of halogens is 1. The molecule has 24 heavy (non-hydrogen) atoms. The Morgan fingerprint density at radius 1 is 1.04 bits per heavy atom. The molecule has 2 aromatic rings. The molecule has 1 amide bonds. The number of aryl methyl sites for hydroxylation is 1. The summed E-state index contributed by atoms with van der Waals surface area (Å²) in [5.74, 6) is -1.60. The fourth-order valence-electron chi connectivity index (χ4n) is 2.40. The number of rotatable bonds is 7. The summed E-state index contributed by atoms with van der Waals surface area (Å²) in [7, 11) is 0. The Kier molecular flexibility index (Phi) is 6.07. The first kappa shape index (κ1) is 17.7. The second-order valence-electron chi connectivity index (χ2n) is 5.65. The van der Waals surface area contributed by atoms with Crippen LogP contribution >= 0.6 is 0 Å². The van der Waals surface area contributed by atoms with Crippen molar-refractivity contribution in [3.8, 4) is 0 Å². The van der Waals surface area contributed by atoms with Crippen LogP contribution in [0.2, 0.25) is 0 Å². The summed E-state index contributed by atoms with van der Waals surface area (Å²) in [5, 5.41) is 9.26. The number of carboxylic acid groups (broad SMARTS) is 1. The maximum atomic E-state index is 12.9. The molecular weight excluding hydrogens is 309 g/mol. The number of benzene rings is 2. The van der Waals surface area contributed by atoms with Crippen molar-refractivity contribution in [2.45, 2.75) is 32.4 Å². The van der Waals surface area contributed by atoms with E-state index in [4.69, 9.17) is 0 Å². The summed E-state index contributed by atoms with van der Waals surface area (Å²) in [6.45, 7) is 1.75. The van der Waals surface area contributed by atoms with E-state index >= 15 is 0 Å². The van der Waals surface area contributed by atoms with E-state index in [0.717, 1.165) is 11.1 Å². The number of carbonyl (C=O) groups is 2. The Morgan fingerprint density at radius 3 is 2.25 bits per heavy atom. The van der Waals surface area contributed by atoms with Crippen LogP contribution in [0.5, 0.6) is 0 Å². The van der Waals surface area contributed by atoms with E-state index in [9.17, 15) is 19.1 Å². The second-order valence-corrected chi connectivity index (χ2v) is 5.65. The molecule has 0 aliphatic carbocycles. The number of hydrogen-bond acceptors (Lipinski definition) is 2. The van der Waals surface area contributed by atoms with Gasteiger partial charge in [-0.3, -0.25) is 4.79 Å². The number of carbonyl (C=O) groups excluding carboxylic acids is 1. The van der Waals surface area contributed by atoms with Crippen LogP contribution in [0.25, 0.3) is 0 Å². The highest BCUT2D eigenvalue weighted by Crippen LogP contribution is 2.13. The lowest BCUT2D eigenvalue weighted by molar-refractivity contribution is -0.150. The summed E-state index contributed by atoms with van der Waals surface area (Å²) < 4.78 is 12.9. The van der Waals surface area contributed by atoms with Crippen molar-refractivity contribution < 1.29 is 19.1 Å². The predicted molar refractivity (Wildman–Crippen MR) is 88.8 cm³/mol. The lowest BCUT2D eigenvalue weighted by atomic mass is 10.1. The van der Waals surface area contributed by atoms with E-state index < -0.39 is 12.0 Å². The number of carboxylic acids is 1. The summed E-state index contributed by atoms with van der Waals surface area (Å²) in [4.78, 5) is 25.2. The average Bonchev–Trinajstić information content (AvgIpc) is 2.59. The van der Waals surface area contributed by atoms with Gasteiger partial charge in [0.25, 0.3) is 0 Å². The highest BCUT2D eigenvalue weighted by Gasteiger charge is 2.25. The van der Waals surface area contributed by atoms with Crippen molar-refractivity contribution in [1.29, 1.82) is 0 Å². The summed E-state index contributed by atoms with van der Waals surface area (Å²) in [6.07, 6.45) is 0.618. The maximum Gasteiger partial charge on any atom is 0.326 e. The molecule has 0 heterocycles. The monoisotopic (exact) mass is 329 g/mol. The quantitative estimate of drug-likeness (QED) is 0.848. The molecule has 0 saturated carbocycles. The molecule has 0 radical (unpaired) electrons. The van der Waals surface area contributed by atoms with Gasteiger partial charge in [-0.2, -0.15) is 0 Å². The molecule has 0 fully saturated rings. The number of hydrogen-bond donors (Lipinski definition) is 1. The molecular formula is C19H20FNO3. The zero-order valence-corrected chi connectivity index (χ0v) is 13.5. The summed E-state index contributed by atoms with van der Waals surface area (Å²) in [6, 6.07) is 14.3. The van der Waals surface area contributed by atoms with Gasteiger partial charge < -0.3 is 10.0 Å². The third-order valence-electron chi connectivity index (χ3n) is 3.88. The molecule has 0 bridgehead atoms. The van der Waals surface area contributed by atoms with Gasteiger partial charge in [-0.25, -0.2) is 9.18 Å². The van der Waals surface area contributed by atoms with Crippen molar-refractivity contribution in [2.75, 3.05) is 0 Å². The highest BCUT2D eigenvalue weighted by molar-refractivity contribution is 5.83. The SMILES string of the molecule is CC(C(=O)O)N(Cc1ccccc1)C(=O)CCc1ccc(F)cc1.